The van der Waals surface area contributed by atoms with Crippen molar-refractivity contribution in [3.05, 3.63) is 29.3 Å². The first-order valence-electron chi connectivity index (χ1n) is 11.8. The summed E-state index contributed by atoms with van der Waals surface area (Å²) in [4.78, 5) is 64.0. The molecule has 0 spiro atoms. The average molecular weight is 472 g/mol. The van der Waals surface area contributed by atoms with Crippen LogP contribution in [0.3, 0.4) is 0 Å². The number of unbranched alkanes of at least 4 members (excludes halogenated alkanes) is 3. The number of benzene rings is 1. The molecule has 0 aliphatic carbocycles. The number of amides is 5. The lowest BCUT2D eigenvalue weighted by Crippen LogP contribution is -2.54. The Kier molecular flexibility index (Phi) is 7.56. The lowest BCUT2D eigenvalue weighted by Gasteiger charge is -2.27. The molecule has 0 bridgehead atoms. The monoisotopic (exact) mass is 471 g/mol. The standard InChI is InChI=1S/C24H29N3O7/c28-20-9-8-19(22(30)25-20)27-23(31)17-7-6-16(15-18(17)24(27)32)34-12-4-2-1-3-5-21(29)26-10-13-33-14-11-26/h6-7,15,19H,1-5,8-14H2,(H,25,28,30). The van der Waals surface area contributed by atoms with Crippen LogP contribution >= 0.6 is 0 Å². The maximum atomic E-state index is 12.8. The Morgan fingerprint density at radius 3 is 2.50 bits per heavy atom. The fraction of sp³-hybridized carbons (Fsp3) is 0.542. The summed E-state index contributed by atoms with van der Waals surface area (Å²) in [6.07, 6.45) is 4.24. The normalized spacial score (nSPS) is 20.4. The van der Waals surface area contributed by atoms with E-state index in [9.17, 15) is 24.0 Å². The third kappa shape index (κ3) is 5.27. The maximum absolute atomic E-state index is 12.8. The Morgan fingerprint density at radius 1 is 1.00 bits per heavy atom. The molecule has 1 unspecified atom stereocenters. The number of fused-ring (bicyclic) bond motifs is 1. The third-order valence-corrected chi connectivity index (χ3v) is 6.33. The predicted octanol–water partition coefficient (Wildman–Crippen LogP) is 1.28. The van der Waals surface area contributed by atoms with Gasteiger partial charge in [0, 0.05) is 25.9 Å². The summed E-state index contributed by atoms with van der Waals surface area (Å²) in [6, 6.07) is 3.72. The maximum Gasteiger partial charge on any atom is 0.262 e. The molecule has 2 fully saturated rings. The zero-order chi connectivity index (χ0) is 24.1. The molecule has 0 saturated carbocycles. The Hall–Kier alpha value is -3.27. The second kappa shape index (κ2) is 10.8. The number of ether oxygens (including phenoxy) is 2. The first-order valence-corrected chi connectivity index (χ1v) is 11.8. The summed E-state index contributed by atoms with van der Waals surface area (Å²) >= 11 is 0. The third-order valence-electron chi connectivity index (χ3n) is 6.33. The fourth-order valence-corrected chi connectivity index (χ4v) is 4.43. The van der Waals surface area contributed by atoms with E-state index in [1.54, 1.807) is 6.07 Å². The highest BCUT2D eigenvalue weighted by molar-refractivity contribution is 6.23. The number of nitrogens with zero attached hydrogens (tertiary/aromatic N) is 2. The van der Waals surface area contributed by atoms with Crippen molar-refractivity contribution in [2.75, 3.05) is 32.9 Å². The smallest absolute Gasteiger partial charge is 0.262 e. The van der Waals surface area contributed by atoms with Crippen LogP contribution in [0.1, 0.15) is 65.7 Å². The van der Waals surface area contributed by atoms with Gasteiger partial charge in [0.15, 0.2) is 0 Å². The van der Waals surface area contributed by atoms with Crippen LogP contribution in [0.15, 0.2) is 18.2 Å². The van der Waals surface area contributed by atoms with E-state index in [0.717, 1.165) is 30.6 Å². The van der Waals surface area contributed by atoms with Crippen LogP contribution in [-0.4, -0.2) is 78.3 Å². The van der Waals surface area contributed by atoms with Crippen molar-refractivity contribution >= 4 is 29.5 Å². The van der Waals surface area contributed by atoms with Crippen LogP contribution in [0, 0.1) is 0 Å². The van der Waals surface area contributed by atoms with Gasteiger partial charge in [-0.15, -0.1) is 0 Å². The number of carbonyl (C=O) groups is 5. The number of rotatable bonds is 9. The number of morpholine rings is 1. The SMILES string of the molecule is O=C1CCC(N2C(=O)c3ccc(OCCCCCCC(=O)N4CCOCC4)cc3C2=O)C(=O)N1. The van der Waals surface area contributed by atoms with Crippen molar-refractivity contribution in [3.63, 3.8) is 0 Å². The Bertz CT molecular complexity index is 987. The summed E-state index contributed by atoms with van der Waals surface area (Å²) in [5, 5.41) is 2.18. The van der Waals surface area contributed by atoms with E-state index in [4.69, 9.17) is 9.47 Å². The average Bonchev–Trinajstić information content (AvgIpc) is 3.08. The lowest BCUT2D eigenvalue weighted by atomic mass is 10.0. The molecular weight excluding hydrogens is 442 g/mol. The van der Waals surface area contributed by atoms with Gasteiger partial charge in [-0.3, -0.25) is 34.2 Å². The van der Waals surface area contributed by atoms with Gasteiger partial charge in [0.2, 0.25) is 17.7 Å². The van der Waals surface area contributed by atoms with Crippen LogP contribution in [0.2, 0.25) is 0 Å². The molecule has 3 aliphatic rings. The topological polar surface area (TPSA) is 122 Å². The Balaban J connectivity index is 1.21. The van der Waals surface area contributed by atoms with Crippen LogP contribution < -0.4 is 10.1 Å². The van der Waals surface area contributed by atoms with Crippen molar-refractivity contribution in [1.82, 2.24) is 15.1 Å². The van der Waals surface area contributed by atoms with Gasteiger partial charge < -0.3 is 14.4 Å². The van der Waals surface area contributed by atoms with Gasteiger partial charge in [0.05, 0.1) is 30.9 Å². The molecule has 1 atom stereocenters. The van der Waals surface area contributed by atoms with Gasteiger partial charge in [-0.25, -0.2) is 0 Å². The summed E-state index contributed by atoms with van der Waals surface area (Å²) in [5.41, 5.74) is 0.431. The molecule has 1 N–H and O–H groups in total. The van der Waals surface area contributed by atoms with Gasteiger partial charge in [-0.1, -0.05) is 12.8 Å². The van der Waals surface area contributed by atoms with Crippen LogP contribution in [0.4, 0.5) is 0 Å². The Morgan fingerprint density at radius 2 is 1.74 bits per heavy atom. The zero-order valence-electron chi connectivity index (χ0n) is 19.0. The van der Waals surface area contributed by atoms with Crippen molar-refractivity contribution in [3.8, 4) is 5.75 Å². The minimum absolute atomic E-state index is 0.0829. The van der Waals surface area contributed by atoms with E-state index in [2.05, 4.69) is 5.32 Å². The van der Waals surface area contributed by atoms with Crippen LogP contribution in [0.5, 0.6) is 5.75 Å². The number of hydrogen-bond acceptors (Lipinski definition) is 7. The molecule has 10 heteroatoms. The molecule has 0 aromatic heterocycles. The van der Waals surface area contributed by atoms with Crippen LogP contribution in [0.25, 0.3) is 0 Å². The molecule has 1 aromatic rings. The number of piperidine rings is 1. The molecule has 34 heavy (non-hydrogen) atoms. The van der Waals surface area contributed by atoms with E-state index >= 15 is 0 Å². The van der Waals surface area contributed by atoms with Crippen molar-refractivity contribution < 1.29 is 33.4 Å². The summed E-state index contributed by atoms with van der Waals surface area (Å²) in [7, 11) is 0. The number of carbonyl (C=O) groups excluding carboxylic acids is 5. The molecular formula is C24H29N3O7. The molecule has 0 radical (unpaired) electrons. The molecule has 3 aliphatic heterocycles. The highest BCUT2D eigenvalue weighted by atomic mass is 16.5. The number of nitrogens with one attached hydrogen (secondary N) is 1. The molecule has 4 rings (SSSR count). The quantitative estimate of drug-likeness (QED) is 0.425. The Labute approximate surface area is 197 Å². The number of imide groups is 2. The molecule has 3 heterocycles. The van der Waals surface area contributed by atoms with E-state index in [0.29, 0.717) is 45.1 Å². The minimum atomic E-state index is -0.982. The molecule has 5 amide bonds. The zero-order valence-corrected chi connectivity index (χ0v) is 19.0. The van der Waals surface area contributed by atoms with Crippen molar-refractivity contribution in [2.45, 2.75) is 51.0 Å². The first-order chi connectivity index (χ1) is 16.5. The van der Waals surface area contributed by atoms with Crippen LogP contribution in [-0.2, 0) is 19.1 Å². The highest BCUT2D eigenvalue weighted by Crippen LogP contribution is 2.30. The number of hydrogen-bond donors (Lipinski definition) is 1. The van der Waals surface area contributed by atoms with Gasteiger partial charge >= 0.3 is 0 Å². The lowest BCUT2D eigenvalue weighted by molar-refractivity contribution is -0.136. The van der Waals surface area contributed by atoms with Gasteiger partial charge in [0.1, 0.15) is 11.8 Å². The summed E-state index contributed by atoms with van der Waals surface area (Å²) < 4.78 is 11.0. The van der Waals surface area contributed by atoms with E-state index < -0.39 is 29.7 Å². The molecule has 2 saturated heterocycles. The highest BCUT2D eigenvalue weighted by Gasteiger charge is 2.44. The molecule has 1 aromatic carbocycles. The van der Waals surface area contributed by atoms with Crippen molar-refractivity contribution in [1.29, 1.82) is 0 Å². The second-order valence-electron chi connectivity index (χ2n) is 8.66. The predicted molar refractivity (Wildman–Crippen MR) is 119 cm³/mol. The van der Waals surface area contributed by atoms with E-state index in [1.165, 1.54) is 12.1 Å². The van der Waals surface area contributed by atoms with Gasteiger partial charge in [0.25, 0.3) is 11.8 Å². The van der Waals surface area contributed by atoms with Crippen molar-refractivity contribution in [2.24, 2.45) is 0 Å². The minimum Gasteiger partial charge on any atom is -0.494 e. The van der Waals surface area contributed by atoms with E-state index in [-0.39, 0.29) is 29.9 Å². The molecule has 10 nitrogen and oxygen atoms in total. The van der Waals surface area contributed by atoms with E-state index in [1.807, 2.05) is 4.90 Å². The van der Waals surface area contributed by atoms with Gasteiger partial charge in [-0.2, -0.15) is 0 Å². The first kappa shape index (κ1) is 23.9. The second-order valence-corrected chi connectivity index (χ2v) is 8.66. The molecule has 182 valence electrons. The van der Waals surface area contributed by atoms with Gasteiger partial charge in [-0.05, 0) is 37.5 Å². The largest absolute Gasteiger partial charge is 0.494 e. The summed E-state index contributed by atoms with van der Waals surface area (Å²) in [6.45, 7) is 3.02. The fourth-order valence-electron chi connectivity index (χ4n) is 4.43. The summed E-state index contributed by atoms with van der Waals surface area (Å²) in [5.74, 6) is -1.46.